The molecule has 0 spiro atoms. The van der Waals surface area contributed by atoms with Crippen molar-refractivity contribution in [3.63, 3.8) is 0 Å². The molecule has 0 fully saturated rings. The Kier molecular flexibility index (Phi) is 3.38. The van der Waals surface area contributed by atoms with Crippen LogP contribution in [0.4, 0.5) is 0 Å². The van der Waals surface area contributed by atoms with Crippen LogP contribution < -0.4 is 0 Å². The molecule has 0 amide bonds. The zero-order valence-electron chi connectivity index (χ0n) is 9.19. The van der Waals surface area contributed by atoms with Crippen molar-refractivity contribution < 1.29 is 5.11 Å². The monoisotopic (exact) mass is 213 g/mol. The number of benzene rings is 1. The minimum Gasteiger partial charge on any atom is -0.384 e. The van der Waals surface area contributed by atoms with E-state index in [0.717, 1.165) is 30.4 Å². The molecule has 1 unspecified atom stereocenters. The number of rotatable bonds is 2. The van der Waals surface area contributed by atoms with Crippen molar-refractivity contribution in [3.05, 3.63) is 47.0 Å². The maximum atomic E-state index is 10.2. The lowest BCUT2D eigenvalue weighted by molar-refractivity contribution is 0.208. The summed E-state index contributed by atoms with van der Waals surface area (Å²) in [6, 6.07) is 9.31. The zero-order valence-corrected chi connectivity index (χ0v) is 9.19. The van der Waals surface area contributed by atoms with Crippen LogP contribution in [0.3, 0.4) is 0 Å². The Bertz CT molecular complexity index is 442. The maximum Gasteiger partial charge on any atom is 0.100 e. The van der Waals surface area contributed by atoms with Crippen molar-refractivity contribution in [3.8, 4) is 6.07 Å². The van der Waals surface area contributed by atoms with E-state index in [1.165, 1.54) is 6.42 Å². The largest absolute Gasteiger partial charge is 0.384 e. The van der Waals surface area contributed by atoms with Gasteiger partial charge in [0.15, 0.2) is 0 Å². The van der Waals surface area contributed by atoms with E-state index < -0.39 is 6.10 Å². The van der Waals surface area contributed by atoms with E-state index in [9.17, 15) is 5.11 Å². The van der Waals surface area contributed by atoms with Crippen LogP contribution in [0.25, 0.3) is 0 Å². The normalized spacial score (nSPS) is 17.4. The molecule has 1 aromatic rings. The van der Waals surface area contributed by atoms with Crippen LogP contribution in [0, 0.1) is 11.3 Å². The fourth-order valence-electron chi connectivity index (χ4n) is 2.10. The number of hydrogen-bond acceptors (Lipinski definition) is 2. The van der Waals surface area contributed by atoms with E-state index in [2.05, 4.69) is 12.1 Å². The lowest BCUT2D eigenvalue weighted by Gasteiger charge is -2.19. The smallest absolute Gasteiger partial charge is 0.100 e. The molecule has 0 aliphatic heterocycles. The Morgan fingerprint density at radius 1 is 1.31 bits per heavy atom. The van der Waals surface area contributed by atoms with Gasteiger partial charge in [0.1, 0.15) is 6.10 Å². The van der Waals surface area contributed by atoms with Crippen LogP contribution in [-0.4, -0.2) is 5.11 Å². The first-order valence-electron chi connectivity index (χ1n) is 5.68. The Labute approximate surface area is 95.8 Å². The van der Waals surface area contributed by atoms with E-state index in [1.54, 1.807) is 12.1 Å². The van der Waals surface area contributed by atoms with Gasteiger partial charge < -0.3 is 5.11 Å². The second kappa shape index (κ2) is 4.96. The lowest BCUT2D eigenvalue weighted by Crippen LogP contribution is -2.04. The Hall–Kier alpha value is -1.59. The van der Waals surface area contributed by atoms with Gasteiger partial charge in [-0.05, 0) is 49.0 Å². The summed E-state index contributed by atoms with van der Waals surface area (Å²) in [6.45, 7) is 0. The van der Waals surface area contributed by atoms with E-state index >= 15 is 0 Å². The van der Waals surface area contributed by atoms with Gasteiger partial charge in [-0.3, -0.25) is 0 Å². The summed E-state index contributed by atoms with van der Waals surface area (Å²) in [5.41, 5.74) is 2.53. The van der Waals surface area contributed by atoms with Gasteiger partial charge in [0.05, 0.1) is 11.6 Å². The van der Waals surface area contributed by atoms with Gasteiger partial charge >= 0.3 is 0 Å². The van der Waals surface area contributed by atoms with Gasteiger partial charge in [0.2, 0.25) is 0 Å². The molecule has 0 heterocycles. The van der Waals surface area contributed by atoms with E-state index in [4.69, 9.17) is 5.26 Å². The summed E-state index contributed by atoms with van der Waals surface area (Å²) in [6.07, 6.45) is 6.00. The van der Waals surface area contributed by atoms with Crippen LogP contribution in [-0.2, 0) is 0 Å². The molecule has 1 atom stereocenters. The van der Waals surface area contributed by atoms with E-state index in [0.29, 0.717) is 5.56 Å². The first-order valence-corrected chi connectivity index (χ1v) is 5.68. The highest BCUT2D eigenvalue weighted by atomic mass is 16.3. The number of hydrogen-bond donors (Lipinski definition) is 1. The standard InChI is InChI=1S/C14H15NO/c15-10-11-5-4-8-13(9-11)14(16)12-6-2-1-3-7-12/h4-6,8-9,14,16H,1-3,7H2. The van der Waals surface area contributed by atoms with Gasteiger partial charge in [0.25, 0.3) is 0 Å². The third-order valence-electron chi connectivity index (χ3n) is 3.01. The van der Waals surface area contributed by atoms with Gasteiger partial charge in [-0.2, -0.15) is 5.26 Å². The number of allylic oxidation sites excluding steroid dienone is 1. The molecule has 1 N–H and O–H groups in total. The first-order chi connectivity index (χ1) is 7.81. The topological polar surface area (TPSA) is 44.0 Å². The number of nitriles is 1. The minimum atomic E-state index is -0.534. The molecule has 0 saturated heterocycles. The molecule has 0 radical (unpaired) electrons. The molecule has 2 heteroatoms. The molecule has 1 aliphatic rings. The highest BCUT2D eigenvalue weighted by molar-refractivity contribution is 5.36. The van der Waals surface area contributed by atoms with Gasteiger partial charge in [0, 0.05) is 0 Å². The summed E-state index contributed by atoms with van der Waals surface area (Å²) in [4.78, 5) is 0. The van der Waals surface area contributed by atoms with Crippen molar-refractivity contribution in [2.45, 2.75) is 31.8 Å². The Balaban J connectivity index is 2.23. The molecule has 2 nitrogen and oxygen atoms in total. The van der Waals surface area contributed by atoms with Crippen LogP contribution in [0.2, 0.25) is 0 Å². The number of aliphatic hydroxyl groups excluding tert-OH is 1. The summed E-state index contributed by atoms with van der Waals surface area (Å²) >= 11 is 0. The minimum absolute atomic E-state index is 0.534. The summed E-state index contributed by atoms with van der Waals surface area (Å²) in [7, 11) is 0. The fraction of sp³-hybridized carbons (Fsp3) is 0.357. The number of nitrogens with zero attached hydrogens (tertiary/aromatic N) is 1. The second-order valence-electron chi connectivity index (χ2n) is 4.16. The third-order valence-corrected chi connectivity index (χ3v) is 3.01. The van der Waals surface area contributed by atoms with Crippen molar-refractivity contribution >= 4 is 0 Å². The SMILES string of the molecule is N#Cc1cccc(C(O)C2=CCCCC2)c1. The second-order valence-corrected chi connectivity index (χ2v) is 4.16. The van der Waals surface area contributed by atoms with Crippen molar-refractivity contribution in [2.24, 2.45) is 0 Å². The van der Waals surface area contributed by atoms with Crippen molar-refractivity contribution in [2.75, 3.05) is 0 Å². The Morgan fingerprint density at radius 3 is 2.88 bits per heavy atom. The van der Waals surface area contributed by atoms with Gasteiger partial charge in [-0.25, -0.2) is 0 Å². The molecule has 16 heavy (non-hydrogen) atoms. The van der Waals surface area contributed by atoms with Crippen LogP contribution in [0.15, 0.2) is 35.9 Å². The molecule has 0 aromatic heterocycles. The van der Waals surface area contributed by atoms with Crippen molar-refractivity contribution in [1.29, 1.82) is 5.26 Å². The highest BCUT2D eigenvalue weighted by Crippen LogP contribution is 2.29. The van der Waals surface area contributed by atoms with Gasteiger partial charge in [-0.1, -0.05) is 18.2 Å². The van der Waals surface area contributed by atoms with Crippen LogP contribution >= 0.6 is 0 Å². The summed E-state index contributed by atoms with van der Waals surface area (Å²) < 4.78 is 0. The molecule has 2 rings (SSSR count). The molecule has 0 saturated carbocycles. The first kappa shape index (κ1) is 10.9. The summed E-state index contributed by atoms with van der Waals surface area (Å²) in [5, 5.41) is 19.0. The average molecular weight is 213 g/mol. The lowest BCUT2D eigenvalue weighted by atomic mass is 9.91. The quantitative estimate of drug-likeness (QED) is 0.767. The molecule has 1 aromatic carbocycles. The predicted molar refractivity (Wildman–Crippen MR) is 62.7 cm³/mol. The molecule has 0 bridgehead atoms. The third kappa shape index (κ3) is 2.32. The molecular weight excluding hydrogens is 198 g/mol. The van der Waals surface area contributed by atoms with Crippen molar-refractivity contribution in [1.82, 2.24) is 0 Å². The highest BCUT2D eigenvalue weighted by Gasteiger charge is 2.15. The maximum absolute atomic E-state index is 10.2. The van der Waals surface area contributed by atoms with E-state index in [1.807, 2.05) is 12.1 Å². The van der Waals surface area contributed by atoms with Crippen LogP contribution in [0.1, 0.15) is 42.9 Å². The van der Waals surface area contributed by atoms with E-state index in [-0.39, 0.29) is 0 Å². The Morgan fingerprint density at radius 2 is 2.19 bits per heavy atom. The van der Waals surface area contributed by atoms with Gasteiger partial charge in [-0.15, -0.1) is 0 Å². The zero-order chi connectivity index (χ0) is 11.4. The number of aliphatic hydroxyl groups is 1. The predicted octanol–water partition coefficient (Wildman–Crippen LogP) is 3.09. The molecule has 1 aliphatic carbocycles. The fourth-order valence-corrected chi connectivity index (χ4v) is 2.10. The molecule has 82 valence electrons. The summed E-state index contributed by atoms with van der Waals surface area (Å²) in [5.74, 6) is 0. The molecular formula is C14H15NO. The van der Waals surface area contributed by atoms with Crippen LogP contribution in [0.5, 0.6) is 0 Å². The average Bonchev–Trinajstić information content (AvgIpc) is 2.39.